The summed E-state index contributed by atoms with van der Waals surface area (Å²) >= 11 is 0. The highest BCUT2D eigenvalue weighted by molar-refractivity contribution is 5.09. The van der Waals surface area contributed by atoms with E-state index < -0.39 is 0 Å². The maximum Gasteiger partial charge on any atom is 0.0843 e. The summed E-state index contributed by atoms with van der Waals surface area (Å²) < 4.78 is 1.70. The Morgan fingerprint density at radius 3 is 3.00 bits per heavy atom. The van der Waals surface area contributed by atoms with Gasteiger partial charge in [0.15, 0.2) is 0 Å². The van der Waals surface area contributed by atoms with E-state index in [9.17, 15) is 0 Å². The van der Waals surface area contributed by atoms with E-state index in [2.05, 4.69) is 26.8 Å². The van der Waals surface area contributed by atoms with E-state index in [1.54, 1.807) is 10.9 Å². The van der Waals surface area contributed by atoms with Gasteiger partial charge < -0.3 is 0 Å². The molecule has 0 aromatic carbocycles. The van der Waals surface area contributed by atoms with Gasteiger partial charge in [-0.25, -0.2) is 0 Å². The number of nitrogens with one attached hydrogen (secondary N) is 1. The first-order valence-electron chi connectivity index (χ1n) is 5.98. The molecule has 6 nitrogen and oxygen atoms in total. The molecule has 0 saturated carbocycles. The van der Waals surface area contributed by atoms with Crippen LogP contribution in [0, 0.1) is 0 Å². The summed E-state index contributed by atoms with van der Waals surface area (Å²) in [6.07, 6.45) is 8.25. The predicted octanol–water partition coefficient (Wildman–Crippen LogP) is 0.217. The number of nitrogens with two attached hydrogens (primary N) is 1. The van der Waals surface area contributed by atoms with Crippen LogP contribution < -0.4 is 11.3 Å². The zero-order valence-corrected chi connectivity index (χ0v) is 10.5. The summed E-state index contributed by atoms with van der Waals surface area (Å²) in [5, 5.41) is 7.97. The largest absolute Gasteiger partial charge is 0.271 e. The van der Waals surface area contributed by atoms with Crippen LogP contribution in [0.1, 0.15) is 17.7 Å². The second kappa shape index (κ2) is 6.23. The monoisotopic (exact) mass is 246 g/mol. The standard InChI is InChI=1S/C12H18N6/c1-18-9-12(16-17-18)7-11(15-13)5-4-10-3-2-6-14-8-10/h2-3,6,8-9,11,15H,4-5,7,13H2,1H3. The smallest absolute Gasteiger partial charge is 0.0843 e. The molecule has 2 aromatic heterocycles. The Morgan fingerprint density at radius 1 is 1.50 bits per heavy atom. The minimum Gasteiger partial charge on any atom is -0.271 e. The molecule has 0 radical (unpaired) electrons. The Kier molecular flexibility index (Phi) is 4.38. The molecule has 0 saturated heterocycles. The van der Waals surface area contributed by atoms with Gasteiger partial charge in [0.2, 0.25) is 0 Å². The number of aryl methyl sites for hydroxylation is 2. The predicted molar refractivity (Wildman–Crippen MR) is 68.4 cm³/mol. The molecule has 1 unspecified atom stereocenters. The van der Waals surface area contributed by atoms with Crippen LogP contribution in [-0.2, 0) is 19.9 Å². The Bertz CT molecular complexity index is 466. The fourth-order valence-corrected chi connectivity index (χ4v) is 1.87. The van der Waals surface area contributed by atoms with E-state index in [0.29, 0.717) is 0 Å². The SMILES string of the molecule is Cn1cc(CC(CCc2cccnc2)NN)nn1. The van der Waals surface area contributed by atoms with Crippen molar-refractivity contribution >= 4 is 0 Å². The average Bonchev–Trinajstić information content (AvgIpc) is 2.81. The van der Waals surface area contributed by atoms with Crippen LogP contribution >= 0.6 is 0 Å². The number of nitrogens with zero attached hydrogens (tertiary/aromatic N) is 4. The van der Waals surface area contributed by atoms with E-state index in [0.717, 1.165) is 25.0 Å². The van der Waals surface area contributed by atoms with Crippen LogP contribution in [0.4, 0.5) is 0 Å². The molecule has 0 aliphatic rings. The normalized spacial score (nSPS) is 12.6. The van der Waals surface area contributed by atoms with E-state index in [-0.39, 0.29) is 6.04 Å². The first-order chi connectivity index (χ1) is 8.78. The molecule has 0 spiro atoms. The molecule has 6 heteroatoms. The molecule has 1 atom stereocenters. The van der Waals surface area contributed by atoms with Crippen molar-refractivity contribution in [3.63, 3.8) is 0 Å². The van der Waals surface area contributed by atoms with Crippen molar-refractivity contribution in [2.75, 3.05) is 0 Å². The Labute approximate surface area is 106 Å². The van der Waals surface area contributed by atoms with Crippen LogP contribution in [0.5, 0.6) is 0 Å². The fourth-order valence-electron chi connectivity index (χ4n) is 1.87. The van der Waals surface area contributed by atoms with Gasteiger partial charge in [0.25, 0.3) is 0 Å². The van der Waals surface area contributed by atoms with Crippen molar-refractivity contribution in [3.05, 3.63) is 42.0 Å². The van der Waals surface area contributed by atoms with E-state index in [4.69, 9.17) is 5.84 Å². The first kappa shape index (κ1) is 12.7. The summed E-state index contributed by atoms with van der Waals surface area (Å²) in [5.74, 6) is 5.57. The lowest BCUT2D eigenvalue weighted by Gasteiger charge is -2.13. The van der Waals surface area contributed by atoms with Gasteiger partial charge >= 0.3 is 0 Å². The maximum atomic E-state index is 5.57. The molecule has 18 heavy (non-hydrogen) atoms. The fraction of sp³-hybridized carbons (Fsp3) is 0.417. The zero-order valence-electron chi connectivity index (χ0n) is 10.5. The molecule has 0 aliphatic carbocycles. The van der Waals surface area contributed by atoms with Crippen molar-refractivity contribution in [2.45, 2.75) is 25.3 Å². The Morgan fingerprint density at radius 2 is 2.39 bits per heavy atom. The minimum absolute atomic E-state index is 0.196. The summed E-state index contributed by atoms with van der Waals surface area (Å²) in [7, 11) is 1.86. The summed E-state index contributed by atoms with van der Waals surface area (Å²) in [5.41, 5.74) is 5.00. The lowest BCUT2D eigenvalue weighted by atomic mass is 10.0. The number of pyridine rings is 1. The van der Waals surface area contributed by atoms with Gasteiger partial charge in [-0.15, -0.1) is 5.10 Å². The third kappa shape index (κ3) is 3.61. The zero-order chi connectivity index (χ0) is 12.8. The van der Waals surface area contributed by atoms with Crippen LogP contribution in [0.3, 0.4) is 0 Å². The topological polar surface area (TPSA) is 81.7 Å². The number of hydrogen-bond acceptors (Lipinski definition) is 5. The molecular formula is C12H18N6. The van der Waals surface area contributed by atoms with Crippen molar-refractivity contribution in [1.82, 2.24) is 25.4 Å². The molecule has 2 heterocycles. The van der Waals surface area contributed by atoms with Gasteiger partial charge in [0.05, 0.1) is 5.69 Å². The molecule has 0 fully saturated rings. The molecule has 0 aliphatic heterocycles. The highest BCUT2D eigenvalue weighted by Crippen LogP contribution is 2.07. The van der Waals surface area contributed by atoms with Crippen molar-refractivity contribution in [3.8, 4) is 0 Å². The minimum atomic E-state index is 0.196. The molecule has 0 amide bonds. The highest BCUT2D eigenvalue weighted by atomic mass is 15.4. The quantitative estimate of drug-likeness (QED) is 0.563. The molecule has 96 valence electrons. The molecule has 2 rings (SSSR count). The van der Waals surface area contributed by atoms with Gasteiger partial charge in [-0.2, -0.15) is 0 Å². The lowest BCUT2D eigenvalue weighted by molar-refractivity contribution is 0.486. The van der Waals surface area contributed by atoms with E-state index in [1.807, 2.05) is 25.5 Å². The van der Waals surface area contributed by atoms with E-state index in [1.165, 1.54) is 5.56 Å². The van der Waals surface area contributed by atoms with Crippen LogP contribution in [0.2, 0.25) is 0 Å². The molecule has 3 N–H and O–H groups in total. The van der Waals surface area contributed by atoms with Gasteiger partial charge in [-0.3, -0.25) is 20.9 Å². The molecular weight excluding hydrogens is 228 g/mol. The third-order valence-corrected chi connectivity index (χ3v) is 2.85. The van der Waals surface area contributed by atoms with Crippen LogP contribution in [0.15, 0.2) is 30.7 Å². The Balaban J connectivity index is 1.86. The van der Waals surface area contributed by atoms with Crippen LogP contribution in [-0.4, -0.2) is 26.0 Å². The second-order valence-electron chi connectivity index (χ2n) is 4.35. The van der Waals surface area contributed by atoms with Gasteiger partial charge in [0, 0.05) is 38.1 Å². The van der Waals surface area contributed by atoms with Gasteiger partial charge in [0.1, 0.15) is 0 Å². The number of aromatic nitrogens is 4. The third-order valence-electron chi connectivity index (χ3n) is 2.85. The first-order valence-corrected chi connectivity index (χ1v) is 5.98. The summed E-state index contributed by atoms with van der Waals surface area (Å²) in [6.45, 7) is 0. The summed E-state index contributed by atoms with van der Waals surface area (Å²) in [6, 6.07) is 4.22. The van der Waals surface area contributed by atoms with Gasteiger partial charge in [-0.05, 0) is 24.5 Å². The Hall–Kier alpha value is -1.79. The highest BCUT2D eigenvalue weighted by Gasteiger charge is 2.10. The number of rotatable bonds is 6. The van der Waals surface area contributed by atoms with Crippen molar-refractivity contribution < 1.29 is 0 Å². The summed E-state index contributed by atoms with van der Waals surface area (Å²) in [4.78, 5) is 4.10. The van der Waals surface area contributed by atoms with Crippen molar-refractivity contribution in [2.24, 2.45) is 12.9 Å². The van der Waals surface area contributed by atoms with Crippen molar-refractivity contribution in [1.29, 1.82) is 0 Å². The number of hydrazine groups is 1. The molecule has 2 aromatic rings. The van der Waals surface area contributed by atoms with Crippen LogP contribution in [0.25, 0.3) is 0 Å². The second-order valence-corrected chi connectivity index (χ2v) is 4.35. The van der Waals surface area contributed by atoms with E-state index >= 15 is 0 Å². The maximum absolute atomic E-state index is 5.57. The van der Waals surface area contributed by atoms with Gasteiger partial charge in [-0.1, -0.05) is 11.3 Å². The number of hydrogen-bond donors (Lipinski definition) is 2. The average molecular weight is 246 g/mol. The lowest BCUT2D eigenvalue weighted by Crippen LogP contribution is -2.37. The molecule has 0 bridgehead atoms.